The number of hydrogen-bond donors (Lipinski definition) is 2. The van der Waals surface area contributed by atoms with Gasteiger partial charge in [0.1, 0.15) is 0 Å². The van der Waals surface area contributed by atoms with E-state index in [0.717, 1.165) is 13.1 Å². The van der Waals surface area contributed by atoms with E-state index in [-0.39, 0.29) is 48.6 Å². The van der Waals surface area contributed by atoms with Crippen molar-refractivity contribution in [2.24, 2.45) is 23.7 Å². The second-order valence-electron chi connectivity index (χ2n) is 6.12. The van der Waals surface area contributed by atoms with Crippen molar-refractivity contribution in [1.29, 1.82) is 0 Å². The minimum Gasteiger partial charge on any atom is -0.469 e. The number of nitrogens with one attached hydrogen (secondary N) is 2. The average molecular weight is 355 g/mol. The molecule has 6 atom stereocenters. The molecule has 4 saturated heterocycles. The first-order chi connectivity index (χ1) is 9.65. The van der Waals surface area contributed by atoms with Crippen molar-refractivity contribution in [3.8, 4) is 0 Å². The van der Waals surface area contributed by atoms with Gasteiger partial charge in [0, 0.05) is 12.1 Å². The Kier molecular flexibility index (Phi) is 6.92. The average Bonchev–Trinajstić information content (AvgIpc) is 3.15. The SMILES string of the molecule is COC(=O)[C@@H]1[C@@H]2CN[C@H]1C2.COC(=O)[C@H]1[C@H]2CN[C@@H]1C2.Cl.Cl. The van der Waals surface area contributed by atoms with Crippen LogP contribution in [0.2, 0.25) is 0 Å². The molecule has 128 valence electrons. The predicted octanol–water partition coefficient (Wildman–Crippen LogP) is 0.378. The van der Waals surface area contributed by atoms with Crippen LogP contribution in [-0.4, -0.2) is 51.3 Å². The van der Waals surface area contributed by atoms with Gasteiger partial charge < -0.3 is 20.1 Å². The fraction of sp³-hybridized carbons (Fsp3) is 0.857. The van der Waals surface area contributed by atoms with E-state index < -0.39 is 0 Å². The third kappa shape index (κ3) is 3.20. The summed E-state index contributed by atoms with van der Waals surface area (Å²) in [5.74, 6) is 1.40. The molecular weight excluding hydrogens is 331 g/mol. The van der Waals surface area contributed by atoms with Crippen molar-refractivity contribution in [2.45, 2.75) is 24.9 Å². The molecule has 2 aliphatic carbocycles. The molecule has 0 radical (unpaired) electrons. The molecule has 4 heterocycles. The normalized spacial score (nSPS) is 38.8. The molecule has 0 aromatic heterocycles. The predicted molar refractivity (Wildman–Crippen MR) is 85.3 cm³/mol. The Morgan fingerprint density at radius 2 is 1.18 bits per heavy atom. The van der Waals surface area contributed by atoms with Crippen LogP contribution in [0.5, 0.6) is 0 Å². The second-order valence-corrected chi connectivity index (χ2v) is 6.12. The summed E-state index contributed by atoms with van der Waals surface area (Å²) in [7, 11) is 2.92. The highest BCUT2D eigenvalue weighted by atomic mass is 35.5. The van der Waals surface area contributed by atoms with Crippen molar-refractivity contribution >= 4 is 36.8 Å². The zero-order chi connectivity index (χ0) is 14.3. The summed E-state index contributed by atoms with van der Waals surface area (Å²) in [5.41, 5.74) is 0. The third-order valence-electron chi connectivity index (χ3n) is 5.23. The Morgan fingerprint density at radius 3 is 1.36 bits per heavy atom. The Hall–Kier alpha value is -0.560. The van der Waals surface area contributed by atoms with Crippen LogP contribution in [0.15, 0.2) is 0 Å². The molecule has 0 unspecified atom stereocenters. The minimum atomic E-state index is -0.0359. The fourth-order valence-electron chi connectivity index (χ4n) is 3.94. The van der Waals surface area contributed by atoms with E-state index >= 15 is 0 Å². The lowest BCUT2D eigenvalue weighted by Gasteiger charge is -2.31. The summed E-state index contributed by atoms with van der Waals surface area (Å²) in [6.45, 7) is 2.01. The molecule has 8 heteroatoms. The van der Waals surface area contributed by atoms with Gasteiger partial charge in [0.15, 0.2) is 0 Å². The molecule has 2 N–H and O–H groups in total. The Bertz CT molecular complexity index is 358. The molecule has 0 aromatic carbocycles. The number of methoxy groups -OCH3 is 2. The Balaban J connectivity index is 0.000000202. The van der Waals surface area contributed by atoms with Gasteiger partial charge in [0.25, 0.3) is 0 Å². The molecular formula is C14H24Cl2N2O4. The molecule has 4 bridgehead atoms. The van der Waals surface area contributed by atoms with Gasteiger partial charge in [-0.3, -0.25) is 9.59 Å². The Labute approximate surface area is 142 Å². The maximum Gasteiger partial charge on any atom is 0.310 e. The summed E-state index contributed by atoms with van der Waals surface area (Å²) < 4.78 is 9.31. The van der Waals surface area contributed by atoms with Crippen LogP contribution in [0.1, 0.15) is 12.8 Å². The van der Waals surface area contributed by atoms with Crippen LogP contribution in [0.25, 0.3) is 0 Å². The first kappa shape index (κ1) is 19.5. The number of esters is 2. The van der Waals surface area contributed by atoms with E-state index in [0.29, 0.717) is 23.9 Å². The van der Waals surface area contributed by atoms with Crippen molar-refractivity contribution in [3.63, 3.8) is 0 Å². The highest BCUT2D eigenvalue weighted by Crippen LogP contribution is 2.41. The van der Waals surface area contributed by atoms with Gasteiger partial charge in [-0.25, -0.2) is 0 Å². The number of rotatable bonds is 2. The molecule has 6 nitrogen and oxygen atoms in total. The van der Waals surface area contributed by atoms with Gasteiger partial charge in [0.2, 0.25) is 0 Å². The summed E-state index contributed by atoms with van der Waals surface area (Å²) in [5, 5.41) is 6.52. The zero-order valence-electron chi connectivity index (χ0n) is 12.7. The molecule has 2 saturated carbocycles. The van der Waals surface area contributed by atoms with Gasteiger partial charge in [-0.15, -0.1) is 24.8 Å². The monoisotopic (exact) mass is 354 g/mol. The molecule has 4 aliphatic heterocycles. The van der Waals surface area contributed by atoms with Crippen LogP contribution < -0.4 is 10.6 Å². The van der Waals surface area contributed by atoms with E-state index in [2.05, 4.69) is 20.1 Å². The van der Waals surface area contributed by atoms with E-state index in [1.165, 1.54) is 27.1 Å². The summed E-state index contributed by atoms with van der Waals surface area (Å²) in [4.78, 5) is 22.0. The van der Waals surface area contributed by atoms with Crippen molar-refractivity contribution in [1.82, 2.24) is 10.6 Å². The number of ether oxygens (including phenoxy) is 2. The molecule has 0 amide bonds. The smallest absolute Gasteiger partial charge is 0.310 e. The number of carbonyl (C=O) groups excluding carboxylic acids is 2. The standard InChI is InChI=1S/2C7H11NO2.2ClH/c2*1-10-7(9)6-4-2-5(6)8-3-4;;/h2*4-6,8H,2-3H2,1H3;2*1H/t2*4-,5-,6+;;/m10../s1. The van der Waals surface area contributed by atoms with E-state index in [1.807, 2.05) is 0 Å². The van der Waals surface area contributed by atoms with Gasteiger partial charge in [-0.05, 0) is 37.8 Å². The quantitative estimate of drug-likeness (QED) is 0.698. The van der Waals surface area contributed by atoms with Crippen LogP contribution in [0, 0.1) is 23.7 Å². The summed E-state index contributed by atoms with van der Waals surface area (Å²) >= 11 is 0. The van der Waals surface area contributed by atoms with Crippen molar-refractivity contribution < 1.29 is 19.1 Å². The van der Waals surface area contributed by atoms with Gasteiger partial charge in [-0.1, -0.05) is 0 Å². The van der Waals surface area contributed by atoms with Crippen LogP contribution in [0.3, 0.4) is 0 Å². The minimum absolute atomic E-state index is 0. The molecule has 22 heavy (non-hydrogen) atoms. The highest BCUT2D eigenvalue weighted by Gasteiger charge is 2.52. The summed E-state index contributed by atoms with van der Waals surface area (Å²) in [6, 6.07) is 0.856. The largest absolute Gasteiger partial charge is 0.469 e. The maximum absolute atomic E-state index is 11.0. The van der Waals surface area contributed by atoms with E-state index in [1.54, 1.807) is 0 Å². The number of fused-ring (bicyclic) bond motifs is 2. The lowest BCUT2D eigenvalue weighted by atomic mass is 9.74. The second kappa shape index (κ2) is 7.81. The third-order valence-corrected chi connectivity index (χ3v) is 5.23. The molecule has 6 fully saturated rings. The first-order valence-corrected chi connectivity index (χ1v) is 7.28. The lowest BCUT2D eigenvalue weighted by Crippen LogP contribution is -2.42. The lowest BCUT2D eigenvalue weighted by molar-refractivity contribution is -0.151. The molecule has 0 spiro atoms. The van der Waals surface area contributed by atoms with E-state index in [9.17, 15) is 9.59 Å². The van der Waals surface area contributed by atoms with Crippen molar-refractivity contribution in [2.75, 3.05) is 27.3 Å². The molecule has 0 aromatic rings. The first-order valence-electron chi connectivity index (χ1n) is 7.28. The van der Waals surface area contributed by atoms with E-state index in [4.69, 9.17) is 0 Å². The fourth-order valence-corrected chi connectivity index (χ4v) is 3.94. The highest BCUT2D eigenvalue weighted by molar-refractivity contribution is 5.85. The number of halogens is 2. The topological polar surface area (TPSA) is 76.7 Å². The zero-order valence-corrected chi connectivity index (χ0v) is 14.4. The number of carbonyl (C=O) groups is 2. The molecule has 6 aliphatic rings. The van der Waals surface area contributed by atoms with Crippen LogP contribution in [0.4, 0.5) is 0 Å². The Morgan fingerprint density at radius 1 is 0.818 bits per heavy atom. The van der Waals surface area contributed by atoms with Crippen molar-refractivity contribution in [3.05, 3.63) is 0 Å². The molecule has 6 rings (SSSR count). The van der Waals surface area contributed by atoms with Crippen LogP contribution >= 0.6 is 24.8 Å². The maximum atomic E-state index is 11.0. The van der Waals surface area contributed by atoms with Gasteiger partial charge >= 0.3 is 11.9 Å². The summed E-state index contributed by atoms with van der Waals surface area (Å²) in [6.07, 6.45) is 2.33. The number of hydrogen-bond acceptors (Lipinski definition) is 6. The van der Waals surface area contributed by atoms with Crippen LogP contribution in [-0.2, 0) is 19.1 Å². The van der Waals surface area contributed by atoms with Gasteiger partial charge in [-0.2, -0.15) is 0 Å². The van der Waals surface area contributed by atoms with Gasteiger partial charge in [0.05, 0.1) is 26.1 Å².